The van der Waals surface area contributed by atoms with E-state index in [-0.39, 0.29) is 22.7 Å². The smallest absolute Gasteiger partial charge is 0.261 e. The van der Waals surface area contributed by atoms with Crippen molar-refractivity contribution < 1.29 is 17.6 Å². The lowest BCUT2D eigenvalue weighted by Crippen LogP contribution is -2.27. The zero-order valence-electron chi connectivity index (χ0n) is 15.3. The summed E-state index contributed by atoms with van der Waals surface area (Å²) in [4.78, 5) is 12.5. The van der Waals surface area contributed by atoms with Crippen molar-refractivity contribution >= 4 is 33.8 Å². The Hall–Kier alpha value is -3.05. The maximum Gasteiger partial charge on any atom is 0.261 e. The molecule has 0 aliphatic carbocycles. The Morgan fingerprint density at radius 3 is 2.55 bits per heavy atom. The van der Waals surface area contributed by atoms with Crippen molar-refractivity contribution in [3.05, 3.63) is 70.5 Å². The molecule has 0 bridgehead atoms. The monoisotopic (exact) mass is 435 g/mol. The second-order valence-electron chi connectivity index (χ2n) is 6.11. The SMILES string of the molecule is Cn1c(CCNC(=O)c2ccccc2NS(=O)(=O)c2ccc(F)cc2)n[nH]c1=S. The molecule has 0 saturated carbocycles. The molecule has 3 N–H and O–H groups in total. The first-order valence-electron chi connectivity index (χ1n) is 8.54. The minimum absolute atomic E-state index is 0.111. The molecule has 0 aliphatic heterocycles. The van der Waals surface area contributed by atoms with E-state index in [2.05, 4.69) is 20.2 Å². The maximum absolute atomic E-state index is 13.1. The number of halogens is 1. The molecule has 11 heteroatoms. The third-order valence-electron chi connectivity index (χ3n) is 4.15. The van der Waals surface area contributed by atoms with Crippen LogP contribution in [0.1, 0.15) is 16.2 Å². The molecular formula is C18H18FN5O3S2. The van der Waals surface area contributed by atoms with Gasteiger partial charge >= 0.3 is 0 Å². The Kier molecular flexibility index (Phi) is 6.09. The molecular weight excluding hydrogens is 417 g/mol. The number of para-hydroxylation sites is 1. The minimum atomic E-state index is -3.98. The lowest BCUT2D eigenvalue weighted by atomic mass is 10.1. The van der Waals surface area contributed by atoms with Gasteiger partial charge in [-0.2, -0.15) is 5.10 Å². The van der Waals surface area contributed by atoms with E-state index in [1.165, 1.54) is 12.1 Å². The van der Waals surface area contributed by atoms with Crippen LogP contribution in [-0.4, -0.2) is 35.6 Å². The second-order valence-corrected chi connectivity index (χ2v) is 8.18. The van der Waals surface area contributed by atoms with Crippen LogP contribution in [-0.2, 0) is 23.5 Å². The first kappa shape index (κ1) is 20.7. The van der Waals surface area contributed by atoms with E-state index >= 15 is 0 Å². The van der Waals surface area contributed by atoms with E-state index in [0.29, 0.717) is 17.0 Å². The van der Waals surface area contributed by atoms with Crippen LogP contribution in [0.2, 0.25) is 0 Å². The fourth-order valence-electron chi connectivity index (χ4n) is 2.57. The summed E-state index contributed by atoms with van der Waals surface area (Å²) in [5, 5.41) is 9.46. The highest BCUT2D eigenvalue weighted by Gasteiger charge is 2.18. The highest BCUT2D eigenvalue weighted by Crippen LogP contribution is 2.20. The van der Waals surface area contributed by atoms with Crippen molar-refractivity contribution in [1.29, 1.82) is 0 Å². The zero-order chi connectivity index (χ0) is 21.0. The molecule has 29 heavy (non-hydrogen) atoms. The summed E-state index contributed by atoms with van der Waals surface area (Å²) >= 11 is 5.04. The number of aromatic nitrogens is 3. The van der Waals surface area contributed by atoms with Crippen molar-refractivity contribution in [2.45, 2.75) is 11.3 Å². The molecule has 0 unspecified atom stereocenters. The summed E-state index contributed by atoms with van der Waals surface area (Å²) < 4.78 is 42.7. The van der Waals surface area contributed by atoms with Gasteiger partial charge in [-0.25, -0.2) is 12.8 Å². The summed E-state index contributed by atoms with van der Waals surface area (Å²) in [6.07, 6.45) is 0.443. The van der Waals surface area contributed by atoms with Gasteiger partial charge in [0.1, 0.15) is 11.6 Å². The first-order valence-corrected chi connectivity index (χ1v) is 10.4. The van der Waals surface area contributed by atoms with E-state index in [1.807, 2.05) is 0 Å². The van der Waals surface area contributed by atoms with Gasteiger partial charge in [0.05, 0.1) is 16.1 Å². The fourth-order valence-corrected chi connectivity index (χ4v) is 3.80. The van der Waals surface area contributed by atoms with E-state index in [4.69, 9.17) is 12.2 Å². The Balaban J connectivity index is 1.72. The standard InChI is InChI=1S/C18H18FN5O3S2/c1-24-16(21-22-18(24)28)10-11-20-17(25)14-4-2-3-5-15(14)23-29(26,27)13-8-6-12(19)7-9-13/h2-9,23H,10-11H2,1H3,(H,20,25)(H,22,28). The average Bonchev–Trinajstić information content (AvgIpc) is 3.00. The minimum Gasteiger partial charge on any atom is -0.352 e. The molecule has 2 aromatic carbocycles. The third-order valence-corrected chi connectivity index (χ3v) is 5.89. The summed E-state index contributed by atoms with van der Waals surface area (Å²) in [7, 11) is -2.21. The van der Waals surface area contributed by atoms with Crippen molar-refractivity contribution in [2.24, 2.45) is 7.05 Å². The van der Waals surface area contributed by atoms with Gasteiger partial charge in [0.2, 0.25) is 0 Å². The Morgan fingerprint density at radius 1 is 1.21 bits per heavy atom. The summed E-state index contributed by atoms with van der Waals surface area (Å²) in [6, 6.07) is 10.6. The Morgan fingerprint density at radius 2 is 1.90 bits per heavy atom. The number of H-pyrrole nitrogens is 1. The molecule has 3 aromatic rings. The van der Waals surface area contributed by atoms with Gasteiger partial charge in [0.25, 0.3) is 15.9 Å². The maximum atomic E-state index is 13.1. The molecule has 0 fully saturated rings. The van der Waals surface area contributed by atoms with Crippen LogP contribution in [0.4, 0.5) is 10.1 Å². The predicted molar refractivity (Wildman–Crippen MR) is 108 cm³/mol. The summed E-state index contributed by atoms with van der Waals surface area (Å²) in [5.74, 6) is -0.308. The lowest BCUT2D eigenvalue weighted by Gasteiger charge is -2.13. The van der Waals surface area contributed by atoms with Gasteiger partial charge in [-0.05, 0) is 48.6 Å². The van der Waals surface area contributed by atoms with E-state index < -0.39 is 21.7 Å². The van der Waals surface area contributed by atoms with Gasteiger partial charge in [-0.1, -0.05) is 12.1 Å². The van der Waals surface area contributed by atoms with Crippen LogP contribution in [0.25, 0.3) is 0 Å². The normalized spacial score (nSPS) is 11.2. The molecule has 152 valence electrons. The van der Waals surface area contributed by atoms with E-state index in [0.717, 1.165) is 24.3 Å². The van der Waals surface area contributed by atoms with Crippen LogP contribution in [0.15, 0.2) is 53.4 Å². The molecule has 1 heterocycles. The fraction of sp³-hybridized carbons (Fsp3) is 0.167. The van der Waals surface area contributed by atoms with Crippen molar-refractivity contribution in [3.8, 4) is 0 Å². The first-order chi connectivity index (χ1) is 13.8. The van der Waals surface area contributed by atoms with Crippen molar-refractivity contribution in [1.82, 2.24) is 20.1 Å². The topological polar surface area (TPSA) is 109 Å². The molecule has 1 aromatic heterocycles. The number of anilines is 1. The molecule has 0 radical (unpaired) electrons. The molecule has 0 atom stereocenters. The van der Waals surface area contributed by atoms with Gasteiger partial charge in [0, 0.05) is 20.0 Å². The molecule has 8 nitrogen and oxygen atoms in total. The molecule has 0 spiro atoms. The number of nitrogens with one attached hydrogen (secondary N) is 3. The number of nitrogens with zero attached hydrogens (tertiary/aromatic N) is 2. The van der Waals surface area contributed by atoms with Crippen LogP contribution in [0, 0.1) is 10.6 Å². The quantitative estimate of drug-likeness (QED) is 0.494. The van der Waals surface area contributed by atoms with Crippen molar-refractivity contribution in [2.75, 3.05) is 11.3 Å². The summed E-state index contributed by atoms with van der Waals surface area (Å²) in [5.41, 5.74) is 0.279. The van der Waals surface area contributed by atoms with Gasteiger partial charge in [-0.3, -0.25) is 14.6 Å². The second kappa shape index (κ2) is 8.53. The number of carbonyl (C=O) groups excluding carboxylic acids is 1. The van der Waals surface area contributed by atoms with Crippen LogP contribution >= 0.6 is 12.2 Å². The van der Waals surface area contributed by atoms with E-state index in [9.17, 15) is 17.6 Å². The number of rotatable bonds is 7. The largest absolute Gasteiger partial charge is 0.352 e. The molecule has 0 aliphatic rings. The van der Waals surface area contributed by atoms with Crippen LogP contribution in [0.5, 0.6) is 0 Å². The lowest BCUT2D eigenvalue weighted by molar-refractivity contribution is 0.0955. The number of benzene rings is 2. The number of sulfonamides is 1. The third kappa shape index (κ3) is 4.87. The number of aromatic amines is 1. The zero-order valence-corrected chi connectivity index (χ0v) is 17.0. The van der Waals surface area contributed by atoms with Crippen LogP contribution in [0.3, 0.4) is 0 Å². The molecule has 0 saturated heterocycles. The average molecular weight is 436 g/mol. The van der Waals surface area contributed by atoms with Gasteiger partial charge in [0.15, 0.2) is 4.77 Å². The Labute approximate surface area is 171 Å². The van der Waals surface area contributed by atoms with Crippen LogP contribution < -0.4 is 10.0 Å². The molecule has 3 rings (SSSR count). The number of amides is 1. The number of hydrogen-bond donors (Lipinski definition) is 3. The highest BCUT2D eigenvalue weighted by molar-refractivity contribution is 7.92. The predicted octanol–water partition coefficient (Wildman–Crippen LogP) is 2.39. The Bertz CT molecular complexity index is 1190. The number of hydrogen-bond acceptors (Lipinski definition) is 5. The van der Waals surface area contributed by atoms with E-state index in [1.54, 1.807) is 23.7 Å². The summed E-state index contributed by atoms with van der Waals surface area (Å²) in [6.45, 7) is 0.283. The van der Waals surface area contributed by atoms with Crippen molar-refractivity contribution in [3.63, 3.8) is 0 Å². The number of carbonyl (C=O) groups is 1. The van der Waals surface area contributed by atoms with Gasteiger partial charge < -0.3 is 9.88 Å². The van der Waals surface area contributed by atoms with Gasteiger partial charge in [-0.15, -0.1) is 0 Å². The molecule has 1 amide bonds. The highest BCUT2D eigenvalue weighted by atomic mass is 32.2.